The Balaban J connectivity index is 4.81. The number of carbonyl (C=O) groups is 3. The van der Waals surface area contributed by atoms with Crippen molar-refractivity contribution >= 4 is 25.7 Å². The Hall–Kier alpha value is -3.08. The largest absolute Gasteiger partial charge is 0.472 e. The van der Waals surface area contributed by atoms with Crippen LogP contribution in [0.1, 0.15) is 226 Å². The normalized spacial score (nSPS) is 14.0. The zero-order chi connectivity index (χ0) is 49.9. The minimum absolute atomic E-state index is 0.146. The SMILES string of the molecule is CC/C=C\C/C=C\C/C=C\C/C=C\CCCCC(=O)OCC(COP(=O)(O)OCC(CO)OC(=O)CCCCCCC/C=C\CCCCCC)OC(=O)CCCCCCC/C=C\CCCCCC. The van der Waals surface area contributed by atoms with Crippen molar-refractivity contribution < 1.29 is 52.2 Å². The second kappa shape index (κ2) is 50.3. The van der Waals surface area contributed by atoms with E-state index in [2.05, 4.69) is 93.7 Å². The number of unbranched alkanes of at least 4 members (excludes halogenated alkanes) is 20. The van der Waals surface area contributed by atoms with E-state index in [1.165, 1.54) is 51.4 Å². The molecule has 68 heavy (non-hydrogen) atoms. The molecule has 0 fully saturated rings. The Labute approximate surface area is 414 Å². The number of phosphoric acid groups is 1. The van der Waals surface area contributed by atoms with Crippen LogP contribution in [0.15, 0.2) is 72.9 Å². The van der Waals surface area contributed by atoms with Crippen LogP contribution >= 0.6 is 7.82 Å². The standard InChI is InChI=1S/C56H97O11P/c1-4-7-10-13-16-19-22-25-26-29-30-33-36-39-42-45-54(58)63-49-53(67-56(60)47-44-41-38-35-32-28-24-21-18-15-12-9-6-3)51-65-68(61,62)64-50-52(48-57)66-55(59)46-43-40-37-34-31-27-23-20-17-14-11-8-5-2/h7,10,16,19-21,23-26,30,33,52-53,57H,4-6,8-9,11-15,17-18,22,27-29,31-32,34-51H2,1-3H3,(H,61,62)/b10-7-,19-16-,23-20-,24-21-,26-25-,33-30-. The van der Waals surface area contributed by atoms with Gasteiger partial charge in [-0.15, -0.1) is 0 Å². The van der Waals surface area contributed by atoms with Gasteiger partial charge in [-0.25, -0.2) is 4.57 Å². The Morgan fingerprint density at radius 1 is 0.426 bits per heavy atom. The molecule has 12 heteroatoms. The van der Waals surface area contributed by atoms with Gasteiger partial charge in [-0.3, -0.25) is 23.4 Å². The molecule has 392 valence electrons. The first-order valence-electron chi connectivity index (χ1n) is 26.8. The lowest BCUT2D eigenvalue weighted by Gasteiger charge is -2.21. The average Bonchev–Trinajstić information content (AvgIpc) is 3.32. The fraction of sp³-hybridized carbons (Fsp3) is 0.732. The van der Waals surface area contributed by atoms with Crippen LogP contribution in [0, 0.1) is 0 Å². The Morgan fingerprint density at radius 3 is 1.22 bits per heavy atom. The number of rotatable bonds is 49. The second-order valence-electron chi connectivity index (χ2n) is 17.7. The van der Waals surface area contributed by atoms with Gasteiger partial charge >= 0.3 is 25.7 Å². The van der Waals surface area contributed by atoms with Gasteiger partial charge in [-0.2, -0.15) is 0 Å². The van der Waals surface area contributed by atoms with Crippen LogP contribution in [0.3, 0.4) is 0 Å². The molecule has 0 saturated heterocycles. The maximum atomic E-state index is 12.9. The summed E-state index contributed by atoms with van der Waals surface area (Å²) in [4.78, 5) is 48.3. The van der Waals surface area contributed by atoms with Gasteiger partial charge < -0.3 is 24.2 Å². The summed E-state index contributed by atoms with van der Waals surface area (Å²) < 4.78 is 39.3. The third kappa shape index (κ3) is 48.0. The highest BCUT2D eigenvalue weighted by Gasteiger charge is 2.28. The molecule has 0 saturated carbocycles. The van der Waals surface area contributed by atoms with Gasteiger partial charge in [0.15, 0.2) is 6.10 Å². The molecule has 0 aromatic rings. The minimum Gasteiger partial charge on any atom is -0.462 e. The van der Waals surface area contributed by atoms with Crippen LogP contribution in [0.4, 0.5) is 0 Å². The molecular weight excluding hydrogens is 880 g/mol. The van der Waals surface area contributed by atoms with E-state index in [4.69, 9.17) is 23.3 Å². The van der Waals surface area contributed by atoms with E-state index in [-0.39, 0.29) is 25.9 Å². The molecule has 0 spiro atoms. The summed E-state index contributed by atoms with van der Waals surface area (Å²) in [6.07, 6.45) is 54.4. The molecule has 0 aliphatic rings. The van der Waals surface area contributed by atoms with E-state index < -0.39 is 57.8 Å². The first-order chi connectivity index (χ1) is 33.2. The van der Waals surface area contributed by atoms with Crippen LogP contribution in [-0.4, -0.2) is 66.5 Å². The number of carbonyl (C=O) groups excluding carboxylic acids is 3. The van der Waals surface area contributed by atoms with Crippen molar-refractivity contribution in [2.45, 2.75) is 238 Å². The van der Waals surface area contributed by atoms with Crippen LogP contribution in [0.5, 0.6) is 0 Å². The van der Waals surface area contributed by atoms with Gasteiger partial charge in [0.25, 0.3) is 0 Å². The summed E-state index contributed by atoms with van der Waals surface area (Å²) in [5.74, 6) is -1.54. The number of aliphatic hydroxyl groups excluding tert-OH is 1. The second-order valence-corrected chi connectivity index (χ2v) is 19.1. The topological polar surface area (TPSA) is 155 Å². The smallest absolute Gasteiger partial charge is 0.462 e. The first kappa shape index (κ1) is 64.9. The van der Waals surface area contributed by atoms with Gasteiger partial charge in [0.2, 0.25) is 0 Å². The Kier molecular flexibility index (Phi) is 48.0. The van der Waals surface area contributed by atoms with Crippen molar-refractivity contribution in [2.24, 2.45) is 0 Å². The molecule has 3 atom stereocenters. The number of hydrogen-bond donors (Lipinski definition) is 2. The predicted octanol–water partition coefficient (Wildman–Crippen LogP) is 15.4. The van der Waals surface area contributed by atoms with Crippen LogP contribution in [0.2, 0.25) is 0 Å². The van der Waals surface area contributed by atoms with E-state index in [0.29, 0.717) is 19.3 Å². The highest BCUT2D eigenvalue weighted by Crippen LogP contribution is 2.43. The fourth-order valence-electron chi connectivity index (χ4n) is 6.98. The highest BCUT2D eigenvalue weighted by molar-refractivity contribution is 7.47. The third-order valence-electron chi connectivity index (χ3n) is 11.1. The number of aliphatic hydroxyl groups is 1. The summed E-state index contributed by atoms with van der Waals surface area (Å²) in [5, 5.41) is 9.78. The van der Waals surface area contributed by atoms with E-state index in [9.17, 15) is 28.9 Å². The molecule has 0 radical (unpaired) electrons. The van der Waals surface area contributed by atoms with Gasteiger partial charge in [0, 0.05) is 19.3 Å². The Morgan fingerprint density at radius 2 is 0.765 bits per heavy atom. The van der Waals surface area contributed by atoms with Crippen molar-refractivity contribution in [1.82, 2.24) is 0 Å². The number of phosphoric ester groups is 1. The third-order valence-corrected chi connectivity index (χ3v) is 12.0. The van der Waals surface area contributed by atoms with Crippen LogP contribution < -0.4 is 0 Å². The molecule has 0 rings (SSSR count). The van der Waals surface area contributed by atoms with Crippen molar-refractivity contribution in [3.05, 3.63) is 72.9 Å². The van der Waals surface area contributed by atoms with Crippen molar-refractivity contribution in [1.29, 1.82) is 0 Å². The zero-order valence-corrected chi connectivity index (χ0v) is 43.9. The Bertz CT molecular complexity index is 1420. The summed E-state index contributed by atoms with van der Waals surface area (Å²) in [7, 11) is -4.76. The van der Waals surface area contributed by atoms with Crippen LogP contribution in [-0.2, 0) is 42.2 Å². The van der Waals surface area contributed by atoms with Crippen LogP contribution in [0.25, 0.3) is 0 Å². The zero-order valence-electron chi connectivity index (χ0n) is 43.1. The summed E-state index contributed by atoms with van der Waals surface area (Å²) >= 11 is 0. The molecule has 0 aromatic carbocycles. The van der Waals surface area contributed by atoms with Gasteiger partial charge in [-0.1, -0.05) is 171 Å². The molecule has 0 aliphatic heterocycles. The molecule has 3 unspecified atom stereocenters. The van der Waals surface area contributed by atoms with Crippen molar-refractivity contribution in [3.8, 4) is 0 Å². The van der Waals surface area contributed by atoms with E-state index in [1.54, 1.807) is 0 Å². The molecule has 0 amide bonds. The summed E-state index contributed by atoms with van der Waals surface area (Å²) in [6, 6.07) is 0. The molecule has 0 aromatic heterocycles. The number of hydrogen-bond acceptors (Lipinski definition) is 10. The van der Waals surface area contributed by atoms with Gasteiger partial charge in [0.1, 0.15) is 12.7 Å². The number of esters is 3. The van der Waals surface area contributed by atoms with E-state index in [0.717, 1.165) is 116 Å². The quantitative estimate of drug-likeness (QED) is 0.0197. The van der Waals surface area contributed by atoms with Crippen molar-refractivity contribution in [2.75, 3.05) is 26.4 Å². The molecule has 11 nitrogen and oxygen atoms in total. The summed E-state index contributed by atoms with van der Waals surface area (Å²) in [5.41, 5.74) is 0. The molecular formula is C56H97O11P. The lowest BCUT2D eigenvalue weighted by atomic mass is 10.1. The summed E-state index contributed by atoms with van der Waals surface area (Å²) in [6.45, 7) is 4.42. The molecule has 2 N–H and O–H groups in total. The monoisotopic (exact) mass is 977 g/mol. The lowest BCUT2D eigenvalue weighted by molar-refractivity contribution is -0.161. The lowest BCUT2D eigenvalue weighted by Crippen LogP contribution is -2.30. The minimum atomic E-state index is -4.76. The average molecular weight is 977 g/mol. The maximum Gasteiger partial charge on any atom is 0.472 e. The van der Waals surface area contributed by atoms with Gasteiger partial charge in [0.05, 0.1) is 19.8 Å². The van der Waals surface area contributed by atoms with Crippen molar-refractivity contribution in [3.63, 3.8) is 0 Å². The number of ether oxygens (including phenoxy) is 3. The highest BCUT2D eigenvalue weighted by atomic mass is 31.2. The molecule has 0 heterocycles. The van der Waals surface area contributed by atoms with E-state index >= 15 is 0 Å². The molecule has 0 aliphatic carbocycles. The molecule has 0 bridgehead atoms. The first-order valence-corrected chi connectivity index (χ1v) is 28.3. The fourth-order valence-corrected chi connectivity index (χ4v) is 7.77. The van der Waals surface area contributed by atoms with Gasteiger partial charge in [-0.05, 0) is 109 Å². The van der Waals surface area contributed by atoms with E-state index in [1.807, 2.05) is 0 Å². The number of allylic oxidation sites excluding steroid dienone is 12. The predicted molar refractivity (Wildman–Crippen MR) is 279 cm³/mol. The maximum absolute atomic E-state index is 12.9.